The third-order valence-electron chi connectivity index (χ3n) is 2.32. The number of amides is 1. The van der Waals surface area contributed by atoms with Crippen molar-refractivity contribution in [3.63, 3.8) is 0 Å². The quantitative estimate of drug-likeness (QED) is 0.629. The fourth-order valence-corrected chi connectivity index (χ4v) is 1.46. The minimum Gasteiger partial charge on any atom is -0.480 e. The predicted octanol–water partition coefficient (Wildman–Crippen LogP) is -0.405. The van der Waals surface area contributed by atoms with Gasteiger partial charge in [-0.2, -0.15) is 13.2 Å². The number of halogens is 3. The number of alkyl halides is 3. The summed E-state index contributed by atoms with van der Waals surface area (Å²) in [6, 6.07) is -1.63. The van der Waals surface area contributed by atoms with Gasteiger partial charge in [0, 0.05) is 6.42 Å². The van der Waals surface area contributed by atoms with Crippen LogP contribution >= 0.6 is 0 Å². The largest absolute Gasteiger partial charge is 0.480 e. The van der Waals surface area contributed by atoms with Gasteiger partial charge in [0.1, 0.15) is 6.04 Å². The Kier molecular flexibility index (Phi) is 2.64. The van der Waals surface area contributed by atoms with Crippen molar-refractivity contribution >= 4 is 12.4 Å². The van der Waals surface area contributed by atoms with Crippen molar-refractivity contribution in [2.45, 2.75) is 24.2 Å². The van der Waals surface area contributed by atoms with Crippen molar-refractivity contribution in [3.05, 3.63) is 0 Å². The zero-order valence-electron chi connectivity index (χ0n) is 7.36. The maximum Gasteiger partial charge on any atom is 0.419 e. The summed E-state index contributed by atoms with van der Waals surface area (Å²) in [7, 11) is 0. The second kappa shape index (κ2) is 3.37. The Morgan fingerprint density at radius 2 is 2.07 bits per heavy atom. The van der Waals surface area contributed by atoms with E-state index in [2.05, 4.69) is 0 Å². The van der Waals surface area contributed by atoms with Crippen LogP contribution in [0.4, 0.5) is 13.2 Å². The Morgan fingerprint density at radius 3 is 2.33 bits per heavy atom. The third-order valence-corrected chi connectivity index (χ3v) is 2.32. The second-order valence-corrected chi connectivity index (χ2v) is 3.37. The van der Waals surface area contributed by atoms with Crippen LogP contribution in [0.5, 0.6) is 0 Å². The molecule has 0 aromatic heterocycles. The lowest BCUT2D eigenvalue weighted by molar-refractivity contribution is -0.253. The Balaban J connectivity index is 2.94. The molecular weight excluding hydrogens is 219 g/mol. The van der Waals surface area contributed by atoms with E-state index in [0.717, 1.165) is 0 Å². The Hall–Kier alpha value is -1.31. The van der Waals surface area contributed by atoms with E-state index < -0.39 is 36.8 Å². The monoisotopic (exact) mass is 227 g/mol. The van der Waals surface area contributed by atoms with Crippen LogP contribution in [0.25, 0.3) is 0 Å². The van der Waals surface area contributed by atoms with Gasteiger partial charge in [-0.15, -0.1) is 0 Å². The van der Waals surface area contributed by atoms with E-state index in [4.69, 9.17) is 10.2 Å². The van der Waals surface area contributed by atoms with E-state index in [1.165, 1.54) is 0 Å². The molecule has 2 unspecified atom stereocenters. The van der Waals surface area contributed by atoms with Crippen molar-refractivity contribution in [3.8, 4) is 0 Å². The van der Waals surface area contributed by atoms with Gasteiger partial charge in [-0.25, -0.2) is 4.79 Å². The molecule has 0 aromatic rings. The number of aliphatic hydroxyl groups is 1. The molecule has 5 nitrogen and oxygen atoms in total. The first-order chi connectivity index (χ1) is 6.71. The standard InChI is InChI=1S/C7H8F3NO4/c8-7(9,10)6(15)1-4(5(13)14)11(2-6)3-12/h3-4,15H,1-2H2,(H,13,14). The molecule has 15 heavy (non-hydrogen) atoms. The van der Waals surface area contributed by atoms with Crippen molar-refractivity contribution < 1.29 is 33.0 Å². The molecule has 1 heterocycles. The molecule has 1 saturated heterocycles. The first kappa shape index (κ1) is 11.8. The van der Waals surface area contributed by atoms with Gasteiger partial charge in [0.05, 0.1) is 6.54 Å². The summed E-state index contributed by atoms with van der Waals surface area (Å²) in [5.41, 5.74) is -3.13. The highest BCUT2D eigenvalue weighted by Gasteiger charge is 2.61. The van der Waals surface area contributed by atoms with Crippen LogP contribution in [0.1, 0.15) is 6.42 Å². The van der Waals surface area contributed by atoms with E-state index in [0.29, 0.717) is 4.90 Å². The average molecular weight is 227 g/mol. The van der Waals surface area contributed by atoms with Crippen LogP contribution in [-0.4, -0.2) is 51.9 Å². The van der Waals surface area contributed by atoms with Crippen molar-refractivity contribution in [2.75, 3.05) is 6.54 Å². The lowest BCUT2D eigenvalue weighted by atomic mass is 10.00. The Bertz CT molecular complexity index is 292. The summed E-state index contributed by atoms with van der Waals surface area (Å²) in [6.07, 6.45) is -5.99. The van der Waals surface area contributed by atoms with Crippen LogP contribution < -0.4 is 0 Å². The first-order valence-electron chi connectivity index (χ1n) is 3.94. The number of carbonyl (C=O) groups is 2. The van der Waals surface area contributed by atoms with Gasteiger partial charge in [-0.3, -0.25) is 4.79 Å². The van der Waals surface area contributed by atoms with Gasteiger partial charge < -0.3 is 15.1 Å². The molecule has 0 saturated carbocycles. The molecule has 0 aromatic carbocycles. The van der Waals surface area contributed by atoms with Gasteiger partial charge >= 0.3 is 12.1 Å². The van der Waals surface area contributed by atoms with E-state index in [1.54, 1.807) is 0 Å². The molecule has 0 radical (unpaired) electrons. The predicted molar refractivity (Wildman–Crippen MR) is 39.8 cm³/mol. The number of nitrogens with zero attached hydrogens (tertiary/aromatic N) is 1. The molecule has 1 amide bonds. The van der Waals surface area contributed by atoms with E-state index in [9.17, 15) is 22.8 Å². The molecule has 86 valence electrons. The molecule has 1 aliphatic heterocycles. The van der Waals surface area contributed by atoms with Crippen molar-refractivity contribution in [2.24, 2.45) is 0 Å². The molecule has 2 N–H and O–H groups in total. The second-order valence-electron chi connectivity index (χ2n) is 3.37. The number of carboxylic acid groups (broad SMARTS) is 1. The van der Waals surface area contributed by atoms with E-state index in [1.807, 2.05) is 0 Å². The lowest BCUT2D eigenvalue weighted by Gasteiger charge is -2.24. The molecule has 1 fully saturated rings. The van der Waals surface area contributed by atoms with Gasteiger partial charge in [-0.05, 0) is 0 Å². The number of carboxylic acids is 1. The average Bonchev–Trinajstić information content (AvgIpc) is 2.43. The maximum absolute atomic E-state index is 12.3. The molecule has 1 rings (SSSR count). The molecule has 1 aliphatic rings. The lowest BCUT2D eigenvalue weighted by Crippen LogP contribution is -2.47. The Labute approximate surface area is 82.1 Å². The van der Waals surface area contributed by atoms with Gasteiger partial charge in [0.25, 0.3) is 0 Å². The number of hydrogen-bond donors (Lipinski definition) is 2. The fraction of sp³-hybridized carbons (Fsp3) is 0.714. The molecule has 2 atom stereocenters. The number of aliphatic carboxylic acids is 1. The highest BCUT2D eigenvalue weighted by Crippen LogP contribution is 2.39. The van der Waals surface area contributed by atoms with Crippen molar-refractivity contribution in [1.29, 1.82) is 0 Å². The van der Waals surface area contributed by atoms with E-state index >= 15 is 0 Å². The van der Waals surface area contributed by atoms with Crippen LogP contribution in [0.15, 0.2) is 0 Å². The number of likely N-dealkylation sites (tertiary alicyclic amines) is 1. The summed E-state index contributed by atoms with van der Waals surface area (Å²) in [5.74, 6) is -1.57. The third kappa shape index (κ3) is 1.89. The Morgan fingerprint density at radius 1 is 1.53 bits per heavy atom. The number of carbonyl (C=O) groups excluding carboxylic acids is 1. The number of rotatable bonds is 2. The summed E-state index contributed by atoms with van der Waals surface area (Å²) in [6.45, 7) is -1.04. The first-order valence-corrected chi connectivity index (χ1v) is 3.94. The summed E-state index contributed by atoms with van der Waals surface area (Å²) in [5, 5.41) is 17.7. The maximum atomic E-state index is 12.3. The zero-order chi connectivity index (χ0) is 11.9. The highest BCUT2D eigenvalue weighted by molar-refractivity contribution is 5.77. The van der Waals surface area contributed by atoms with Crippen LogP contribution in [0.3, 0.4) is 0 Å². The number of hydrogen-bond acceptors (Lipinski definition) is 3. The normalized spacial score (nSPS) is 31.7. The van der Waals surface area contributed by atoms with Crippen molar-refractivity contribution in [1.82, 2.24) is 4.90 Å². The van der Waals surface area contributed by atoms with Crippen LogP contribution in [0.2, 0.25) is 0 Å². The van der Waals surface area contributed by atoms with Gasteiger partial charge in [-0.1, -0.05) is 0 Å². The SMILES string of the molecule is O=CN1CC(O)(C(F)(F)F)CC1C(=O)O. The summed E-state index contributed by atoms with van der Waals surface area (Å²) >= 11 is 0. The topological polar surface area (TPSA) is 77.8 Å². The molecule has 8 heteroatoms. The fourth-order valence-electron chi connectivity index (χ4n) is 1.46. The molecular formula is C7H8F3NO4. The molecule has 0 spiro atoms. The smallest absolute Gasteiger partial charge is 0.419 e. The van der Waals surface area contributed by atoms with E-state index in [-0.39, 0.29) is 6.41 Å². The van der Waals surface area contributed by atoms with Crippen LogP contribution in [0, 0.1) is 0 Å². The summed E-state index contributed by atoms with van der Waals surface area (Å²) < 4.78 is 36.9. The molecule has 0 aliphatic carbocycles. The summed E-state index contributed by atoms with van der Waals surface area (Å²) in [4.78, 5) is 21.3. The van der Waals surface area contributed by atoms with Crippen LogP contribution in [-0.2, 0) is 9.59 Å². The van der Waals surface area contributed by atoms with Gasteiger partial charge in [0.2, 0.25) is 6.41 Å². The highest BCUT2D eigenvalue weighted by atomic mass is 19.4. The van der Waals surface area contributed by atoms with Gasteiger partial charge in [0.15, 0.2) is 5.60 Å². The number of β-amino-alcohol motifs (C(OH)–C–C–N with tert-alkyl or cyclic N) is 1. The minimum absolute atomic E-state index is 0.0114. The zero-order valence-corrected chi connectivity index (χ0v) is 7.36. The molecule has 0 bridgehead atoms. The minimum atomic E-state index is -4.95.